The number of hydrogen-bond acceptors (Lipinski definition) is 3. The molecule has 3 aromatic rings. The number of nitrogens with two attached hydrogens (primary N) is 1. The van der Waals surface area contributed by atoms with E-state index in [1.54, 1.807) is 11.8 Å². The summed E-state index contributed by atoms with van der Waals surface area (Å²) >= 11 is 1.60. The van der Waals surface area contributed by atoms with Gasteiger partial charge in [0.25, 0.3) is 0 Å². The molecule has 0 amide bonds. The van der Waals surface area contributed by atoms with Gasteiger partial charge in [0.05, 0.1) is 4.75 Å². The lowest BCUT2D eigenvalue weighted by molar-refractivity contribution is -0.137. The summed E-state index contributed by atoms with van der Waals surface area (Å²) in [6.45, 7) is 0. The molecule has 1 aliphatic rings. The van der Waals surface area contributed by atoms with Gasteiger partial charge in [-0.05, 0) is 27.8 Å². The molecule has 0 heterocycles. The first-order valence-corrected chi connectivity index (χ1v) is 9.50. The van der Waals surface area contributed by atoms with E-state index in [-0.39, 0.29) is 0 Å². The fourth-order valence-corrected chi connectivity index (χ4v) is 5.25. The SMILES string of the molecule is N[C@@H](CSC1(c2ccccc2)c2ccccc2-c2ccccc21)C(=O)O. The lowest BCUT2D eigenvalue weighted by Crippen LogP contribution is -2.35. The van der Waals surface area contributed by atoms with Crippen LogP contribution in [0.4, 0.5) is 0 Å². The first-order chi connectivity index (χ1) is 12.6. The van der Waals surface area contributed by atoms with E-state index in [1.807, 2.05) is 42.5 Å². The number of benzene rings is 3. The topological polar surface area (TPSA) is 63.3 Å². The Morgan fingerprint density at radius 2 is 1.38 bits per heavy atom. The Labute approximate surface area is 156 Å². The molecule has 0 unspecified atom stereocenters. The average molecular weight is 361 g/mol. The van der Waals surface area contributed by atoms with E-state index < -0.39 is 16.8 Å². The van der Waals surface area contributed by atoms with Gasteiger partial charge in [-0.2, -0.15) is 0 Å². The normalized spacial score (nSPS) is 15.1. The molecule has 26 heavy (non-hydrogen) atoms. The summed E-state index contributed by atoms with van der Waals surface area (Å²) in [5, 5.41) is 9.26. The van der Waals surface area contributed by atoms with Crippen LogP contribution >= 0.6 is 11.8 Å². The minimum Gasteiger partial charge on any atom is -0.480 e. The van der Waals surface area contributed by atoms with E-state index in [9.17, 15) is 9.90 Å². The van der Waals surface area contributed by atoms with Crippen molar-refractivity contribution in [3.63, 3.8) is 0 Å². The fourth-order valence-electron chi connectivity index (χ4n) is 3.70. The van der Waals surface area contributed by atoms with Crippen molar-refractivity contribution >= 4 is 17.7 Å². The number of carboxylic acid groups (broad SMARTS) is 1. The lowest BCUT2D eigenvalue weighted by Gasteiger charge is -2.33. The standard InChI is InChI=1S/C22H19NO2S/c23-20(21(24)25)14-26-22(15-8-2-1-3-9-15)18-12-6-4-10-16(18)17-11-5-7-13-19(17)22/h1-13,20H,14,23H2,(H,24,25)/t20-/m0/s1. The van der Waals surface area contributed by atoms with Gasteiger partial charge in [0.15, 0.2) is 0 Å². The third-order valence-electron chi connectivity index (χ3n) is 4.88. The third kappa shape index (κ3) is 2.54. The maximum atomic E-state index is 11.3. The zero-order valence-electron chi connectivity index (χ0n) is 14.1. The zero-order chi connectivity index (χ0) is 18.1. The summed E-state index contributed by atoms with van der Waals surface area (Å²) in [5.74, 6) is -0.646. The minimum absolute atomic E-state index is 0.326. The maximum absolute atomic E-state index is 11.3. The van der Waals surface area contributed by atoms with Gasteiger partial charge in [-0.25, -0.2) is 0 Å². The first kappa shape index (κ1) is 16.9. The summed E-state index contributed by atoms with van der Waals surface area (Å²) in [6, 6.07) is 26.1. The second-order valence-corrected chi connectivity index (χ2v) is 7.63. The highest BCUT2D eigenvalue weighted by Crippen LogP contribution is 2.58. The van der Waals surface area contributed by atoms with Crippen LogP contribution in [0.3, 0.4) is 0 Å². The monoisotopic (exact) mass is 361 g/mol. The molecule has 0 fully saturated rings. The summed E-state index contributed by atoms with van der Waals surface area (Å²) in [6.07, 6.45) is 0. The largest absolute Gasteiger partial charge is 0.480 e. The number of thioether (sulfide) groups is 1. The van der Waals surface area contributed by atoms with E-state index >= 15 is 0 Å². The molecule has 0 aromatic heterocycles. The van der Waals surface area contributed by atoms with Crippen LogP contribution in [0.1, 0.15) is 16.7 Å². The van der Waals surface area contributed by atoms with E-state index in [2.05, 4.69) is 36.4 Å². The van der Waals surface area contributed by atoms with Crippen LogP contribution in [0.25, 0.3) is 11.1 Å². The second-order valence-electron chi connectivity index (χ2n) is 6.39. The molecule has 0 saturated heterocycles. The van der Waals surface area contributed by atoms with E-state index in [0.717, 1.165) is 5.56 Å². The Hall–Kier alpha value is -2.56. The van der Waals surface area contributed by atoms with Crippen molar-refractivity contribution < 1.29 is 9.90 Å². The zero-order valence-corrected chi connectivity index (χ0v) is 14.9. The molecule has 3 nitrogen and oxygen atoms in total. The van der Waals surface area contributed by atoms with Crippen LogP contribution < -0.4 is 5.73 Å². The molecule has 0 spiro atoms. The summed E-state index contributed by atoms with van der Waals surface area (Å²) in [7, 11) is 0. The third-order valence-corrected chi connectivity index (χ3v) is 6.51. The summed E-state index contributed by atoms with van der Waals surface area (Å²) < 4.78 is -0.457. The number of carbonyl (C=O) groups is 1. The first-order valence-electron chi connectivity index (χ1n) is 8.52. The molecule has 0 aliphatic heterocycles. The molecule has 0 radical (unpaired) electrons. The number of rotatable bonds is 5. The van der Waals surface area contributed by atoms with Crippen LogP contribution in [-0.2, 0) is 9.54 Å². The molecule has 3 N–H and O–H groups in total. The smallest absolute Gasteiger partial charge is 0.321 e. The van der Waals surface area contributed by atoms with Gasteiger partial charge in [-0.1, -0.05) is 78.9 Å². The average Bonchev–Trinajstić information content (AvgIpc) is 2.98. The van der Waals surface area contributed by atoms with Crippen molar-refractivity contribution in [3.05, 3.63) is 95.6 Å². The van der Waals surface area contributed by atoms with Crippen LogP contribution in [0.15, 0.2) is 78.9 Å². The fraction of sp³-hybridized carbons (Fsp3) is 0.136. The van der Waals surface area contributed by atoms with Crippen LogP contribution in [0, 0.1) is 0 Å². The molecule has 130 valence electrons. The van der Waals surface area contributed by atoms with Gasteiger partial charge in [0, 0.05) is 5.75 Å². The number of aliphatic carboxylic acids is 1. The maximum Gasteiger partial charge on any atom is 0.321 e. The number of fused-ring (bicyclic) bond motifs is 3. The molecule has 3 aromatic carbocycles. The summed E-state index contributed by atoms with van der Waals surface area (Å²) in [5.41, 5.74) is 11.8. The van der Waals surface area contributed by atoms with Gasteiger partial charge >= 0.3 is 5.97 Å². The van der Waals surface area contributed by atoms with Crippen molar-refractivity contribution in [2.75, 3.05) is 5.75 Å². The summed E-state index contributed by atoms with van der Waals surface area (Å²) in [4.78, 5) is 11.3. The van der Waals surface area contributed by atoms with Gasteiger partial charge in [-0.3, -0.25) is 4.79 Å². The quantitative estimate of drug-likeness (QED) is 0.718. The number of hydrogen-bond donors (Lipinski definition) is 2. The van der Waals surface area contributed by atoms with Crippen LogP contribution in [0.5, 0.6) is 0 Å². The Bertz CT molecular complexity index is 910. The highest BCUT2D eigenvalue weighted by Gasteiger charge is 2.45. The van der Waals surface area contributed by atoms with E-state index in [4.69, 9.17) is 5.73 Å². The molecular weight excluding hydrogens is 342 g/mol. The predicted molar refractivity (Wildman–Crippen MR) is 106 cm³/mol. The Morgan fingerprint density at radius 3 is 1.92 bits per heavy atom. The molecule has 0 saturated carbocycles. The lowest BCUT2D eigenvalue weighted by atomic mass is 9.88. The van der Waals surface area contributed by atoms with Crippen LogP contribution in [0.2, 0.25) is 0 Å². The Morgan fingerprint density at radius 1 is 0.885 bits per heavy atom. The minimum atomic E-state index is -0.972. The van der Waals surface area contributed by atoms with Crippen molar-refractivity contribution in [3.8, 4) is 11.1 Å². The van der Waals surface area contributed by atoms with Crippen molar-refractivity contribution in [2.24, 2.45) is 5.73 Å². The van der Waals surface area contributed by atoms with E-state index in [0.29, 0.717) is 5.75 Å². The van der Waals surface area contributed by atoms with Crippen molar-refractivity contribution in [2.45, 2.75) is 10.8 Å². The highest BCUT2D eigenvalue weighted by molar-refractivity contribution is 8.00. The molecule has 4 rings (SSSR count). The van der Waals surface area contributed by atoms with E-state index in [1.165, 1.54) is 22.3 Å². The number of carboxylic acids is 1. The van der Waals surface area contributed by atoms with Crippen molar-refractivity contribution in [1.82, 2.24) is 0 Å². The van der Waals surface area contributed by atoms with Crippen molar-refractivity contribution in [1.29, 1.82) is 0 Å². The molecular formula is C22H19NO2S. The van der Waals surface area contributed by atoms with Crippen LogP contribution in [-0.4, -0.2) is 22.9 Å². The van der Waals surface area contributed by atoms with Gasteiger partial charge in [-0.15, -0.1) is 11.8 Å². The molecule has 1 aliphatic carbocycles. The van der Waals surface area contributed by atoms with Gasteiger partial charge in [0.1, 0.15) is 6.04 Å². The molecule has 1 atom stereocenters. The highest BCUT2D eigenvalue weighted by atomic mass is 32.2. The van der Waals surface area contributed by atoms with Gasteiger partial charge in [0.2, 0.25) is 0 Å². The Balaban J connectivity index is 1.95. The molecule has 0 bridgehead atoms. The van der Waals surface area contributed by atoms with Gasteiger partial charge < -0.3 is 10.8 Å². The Kier molecular flexibility index (Phi) is 4.31. The second kappa shape index (κ2) is 6.63. The predicted octanol–water partition coefficient (Wildman–Crippen LogP) is 4.10. The molecule has 4 heteroatoms.